The third-order valence-corrected chi connectivity index (χ3v) is 6.16. The molecule has 0 unspecified atom stereocenters. The largest absolute Gasteiger partial charge is 0.463 e. The van der Waals surface area contributed by atoms with Crippen LogP contribution in [0.3, 0.4) is 0 Å². The Morgan fingerprint density at radius 2 is 1.81 bits per heavy atom. The lowest BCUT2D eigenvalue weighted by Gasteiger charge is -2.23. The van der Waals surface area contributed by atoms with Crippen molar-refractivity contribution >= 4 is 5.97 Å². The first kappa shape index (κ1) is 25.6. The van der Waals surface area contributed by atoms with E-state index in [0.29, 0.717) is 38.5 Å². The molecule has 1 fully saturated rings. The number of aliphatic hydroxyl groups is 3. The predicted octanol–water partition coefficient (Wildman–Crippen LogP) is 4.19. The number of hydrogen-bond acceptors (Lipinski definition) is 5. The molecule has 0 amide bonds. The van der Waals surface area contributed by atoms with Gasteiger partial charge in [0.1, 0.15) is 0 Å². The minimum Gasteiger partial charge on any atom is -0.463 e. The van der Waals surface area contributed by atoms with E-state index in [2.05, 4.69) is 18.2 Å². The zero-order valence-electron chi connectivity index (χ0n) is 19.0. The van der Waals surface area contributed by atoms with Gasteiger partial charge >= 0.3 is 5.97 Å². The summed E-state index contributed by atoms with van der Waals surface area (Å²) in [5.74, 6) is -0.144. The fourth-order valence-electron chi connectivity index (χ4n) is 4.47. The second-order valence-corrected chi connectivity index (χ2v) is 9.09. The Balaban J connectivity index is 1.70. The number of aryl methyl sites for hydroxylation is 1. The van der Waals surface area contributed by atoms with Crippen LogP contribution in [-0.4, -0.2) is 45.7 Å². The molecule has 1 aliphatic rings. The number of aliphatic hydroxyl groups excluding tert-OH is 3. The van der Waals surface area contributed by atoms with Crippen molar-refractivity contribution in [3.8, 4) is 0 Å². The third-order valence-electron chi connectivity index (χ3n) is 6.16. The number of unbranched alkanes of at least 4 members (excludes halogenated alkanes) is 1. The third kappa shape index (κ3) is 9.55. The zero-order valence-corrected chi connectivity index (χ0v) is 19.0. The Morgan fingerprint density at radius 1 is 1.10 bits per heavy atom. The molecule has 5 nitrogen and oxygen atoms in total. The molecule has 3 N–H and O–H groups in total. The van der Waals surface area contributed by atoms with Crippen LogP contribution in [-0.2, 0) is 16.0 Å². The van der Waals surface area contributed by atoms with Crippen molar-refractivity contribution in [2.45, 2.75) is 96.1 Å². The molecule has 0 bridgehead atoms. The van der Waals surface area contributed by atoms with Gasteiger partial charge in [0.25, 0.3) is 0 Å². The number of carbonyl (C=O) groups is 1. The van der Waals surface area contributed by atoms with Gasteiger partial charge < -0.3 is 20.1 Å². The zero-order chi connectivity index (χ0) is 22.6. The monoisotopic (exact) mass is 432 g/mol. The van der Waals surface area contributed by atoms with Crippen LogP contribution in [0.4, 0.5) is 0 Å². The lowest BCUT2D eigenvalue weighted by atomic mass is 9.85. The van der Waals surface area contributed by atoms with Gasteiger partial charge in [0.05, 0.1) is 24.4 Å². The molecular weight excluding hydrogens is 392 g/mol. The van der Waals surface area contributed by atoms with Crippen LogP contribution in [0.5, 0.6) is 0 Å². The maximum absolute atomic E-state index is 11.5. The molecule has 1 aromatic carbocycles. The maximum Gasteiger partial charge on any atom is 0.306 e. The Bertz CT molecular complexity index is 657. The number of benzene rings is 1. The maximum atomic E-state index is 11.5. The first-order valence-electron chi connectivity index (χ1n) is 11.8. The highest BCUT2D eigenvalue weighted by atomic mass is 16.5. The topological polar surface area (TPSA) is 87.0 Å². The number of allylic oxidation sites excluding steroid dienone is 2. The molecule has 0 aliphatic heterocycles. The summed E-state index contributed by atoms with van der Waals surface area (Å²) < 4.78 is 5.12. The van der Waals surface area contributed by atoms with Crippen molar-refractivity contribution in [3.05, 3.63) is 48.0 Å². The predicted molar refractivity (Wildman–Crippen MR) is 122 cm³/mol. The minimum absolute atomic E-state index is 0.00652. The smallest absolute Gasteiger partial charge is 0.306 e. The van der Waals surface area contributed by atoms with Gasteiger partial charge in [-0.2, -0.15) is 0 Å². The van der Waals surface area contributed by atoms with Crippen LogP contribution in [0.2, 0.25) is 0 Å². The summed E-state index contributed by atoms with van der Waals surface area (Å²) in [7, 11) is 0. The molecule has 174 valence electrons. The van der Waals surface area contributed by atoms with E-state index in [1.54, 1.807) is 0 Å². The van der Waals surface area contributed by atoms with Gasteiger partial charge in [-0.05, 0) is 82.6 Å². The highest BCUT2D eigenvalue weighted by Crippen LogP contribution is 2.38. The first-order valence-corrected chi connectivity index (χ1v) is 11.8. The summed E-state index contributed by atoms with van der Waals surface area (Å²) in [6, 6.07) is 10.1. The van der Waals surface area contributed by atoms with E-state index in [0.717, 1.165) is 19.3 Å². The van der Waals surface area contributed by atoms with Crippen LogP contribution in [0.1, 0.15) is 70.8 Å². The Kier molecular flexibility index (Phi) is 11.3. The Hall–Kier alpha value is -1.69. The van der Waals surface area contributed by atoms with Crippen LogP contribution in [0.15, 0.2) is 42.5 Å². The average Bonchev–Trinajstić information content (AvgIpc) is 3.00. The van der Waals surface area contributed by atoms with Crippen molar-refractivity contribution in [1.29, 1.82) is 0 Å². The summed E-state index contributed by atoms with van der Waals surface area (Å²) in [4.78, 5) is 11.5. The van der Waals surface area contributed by atoms with Crippen LogP contribution < -0.4 is 0 Å². The van der Waals surface area contributed by atoms with Gasteiger partial charge in [-0.1, -0.05) is 42.5 Å². The average molecular weight is 433 g/mol. The standard InChI is InChI=1S/C26H40O5/c1-19(2)31-26(30)13-9-4-3-8-12-22-23(25(29)18-24(22)28)17-16-21(27)15-14-20-10-6-5-7-11-20/h3,5-8,10-11,19,21-25,27-29H,4,9,12-18H2,1-2H3/b8-3-/t21-,22-,23-,24+,25+/m1/s1. The molecule has 0 radical (unpaired) electrons. The van der Waals surface area contributed by atoms with E-state index in [9.17, 15) is 20.1 Å². The molecule has 1 aliphatic carbocycles. The molecule has 0 saturated heterocycles. The Labute approximate surface area is 187 Å². The van der Waals surface area contributed by atoms with Crippen molar-refractivity contribution in [2.75, 3.05) is 0 Å². The van der Waals surface area contributed by atoms with E-state index in [1.807, 2.05) is 38.1 Å². The van der Waals surface area contributed by atoms with Gasteiger partial charge in [0.2, 0.25) is 0 Å². The second-order valence-electron chi connectivity index (χ2n) is 9.09. The lowest BCUT2D eigenvalue weighted by Crippen LogP contribution is -2.23. The molecule has 0 spiro atoms. The van der Waals surface area contributed by atoms with Crippen molar-refractivity contribution in [2.24, 2.45) is 11.8 Å². The minimum atomic E-state index is -0.513. The molecule has 1 aromatic rings. The molecule has 2 rings (SSSR count). The van der Waals surface area contributed by atoms with Gasteiger partial charge in [-0.25, -0.2) is 0 Å². The van der Waals surface area contributed by atoms with Crippen LogP contribution in [0.25, 0.3) is 0 Å². The van der Waals surface area contributed by atoms with Crippen molar-refractivity contribution < 1.29 is 24.9 Å². The summed E-state index contributed by atoms with van der Waals surface area (Å²) >= 11 is 0. The second kappa shape index (κ2) is 13.7. The van der Waals surface area contributed by atoms with Gasteiger partial charge in [-0.3, -0.25) is 4.79 Å². The van der Waals surface area contributed by atoms with Crippen LogP contribution >= 0.6 is 0 Å². The van der Waals surface area contributed by atoms with E-state index >= 15 is 0 Å². The lowest BCUT2D eigenvalue weighted by molar-refractivity contribution is -0.147. The normalized spacial score (nSPS) is 24.7. The molecule has 31 heavy (non-hydrogen) atoms. The number of hydrogen-bond donors (Lipinski definition) is 3. The molecule has 5 atom stereocenters. The molecule has 0 aromatic heterocycles. The summed E-state index contributed by atoms with van der Waals surface area (Å²) in [5, 5.41) is 31.2. The van der Waals surface area contributed by atoms with Gasteiger partial charge in [0.15, 0.2) is 0 Å². The van der Waals surface area contributed by atoms with Crippen molar-refractivity contribution in [1.82, 2.24) is 0 Å². The fraction of sp³-hybridized carbons (Fsp3) is 0.654. The molecule has 5 heteroatoms. The number of ether oxygens (including phenoxy) is 1. The van der Waals surface area contributed by atoms with Gasteiger partial charge in [-0.15, -0.1) is 0 Å². The summed E-state index contributed by atoms with van der Waals surface area (Å²) in [5.41, 5.74) is 1.22. The van der Waals surface area contributed by atoms with E-state index < -0.39 is 18.3 Å². The first-order chi connectivity index (χ1) is 14.9. The highest BCUT2D eigenvalue weighted by molar-refractivity contribution is 5.69. The molecular formula is C26H40O5. The number of carbonyl (C=O) groups excluding carboxylic acids is 1. The van der Waals surface area contributed by atoms with E-state index in [-0.39, 0.29) is 23.9 Å². The van der Waals surface area contributed by atoms with Gasteiger partial charge in [0, 0.05) is 6.42 Å². The fourth-order valence-corrected chi connectivity index (χ4v) is 4.47. The quantitative estimate of drug-likeness (QED) is 0.247. The summed E-state index contributed by atoms with van der Waals surface area (Å²) in [6.07, 6.45) is 8.58. The van der Waals surface area contributed by atoms with Crippen LogP contribution in [0, 0.1) is 11.8 Å². The van der Waals surface area contributed by atoms with E-state index in [1.165, 1.54) is 5.56 Å². The van der Waals surface area contributed by atoms with Crippen molar-refractivity contribution in [3.63, 3.8) is 0 Å². The number of esters is 1. The highest BCUT2D eigenvalue weighted by Gasteiger charge is 2.40. The number of rotatable bonds is 13. The summed E-state index contributed by atoms with van der Waals surface area (Å²) in [6.45, 7) is 3.69. The van der Waals surface area contributed by atoms with E-state index in [4.69, 9.17) is 4.74 Å². The SMILES string of the molecule is CC(C)OC(=O)CCC/C=C\C[C@@H]1[C@@H](CC[C@H](O)CCc2ccccc2)[C@@H](O)C[C@@H]1O. The molecule has 1 saturated carbocycles. The molecule has 0 heterocycles. The Morgan fingerprint density at radius 3 is 2.52 bits per heavy atom.